The Balaban J connectivity index is 1.46. The van der Waals surface area contributed by atoms with Gasteiger partial charge in [0.2, 0.25) is 0 Å². The van der Waals surface area contributed by atoms with Crippen molar-refractivity contribution in [1.82, 2.24) is 9.97 Å². The van der Waals surface area contributed by atoms with Crippen molar-refractivity contribution in [2.45, 2.75) is 13.0 Å². The lowest BCUT2D eigenvalue weighted by Crippen LogP contribution is -2.41. The van der Waals surface area contributed by atoms with E-state index in [2.05, 4.69) is 20.6 Å². The van der Waals surface area contributed by atoms with Gasteiger partial charge in [-0.05, 0) is 19.1 Å². The molecule has 3 N–H and O–H groups in total. The predicted molar refractivity (Wildman–Crippen MR) is 108 cm³/mol. The molecule has 29 heavy (non-hydrogen) atoms. The molecule has 4 rings (SSSR count). The molecule has 2 amide bonds. The van der Waals surface area contributed by atoms with Crippen LogP contribution in [0.15, 0.2) is 30.6 Å². The number of pyridine rings is 1. The maximum Gasteiger partial charge on any atom is 0.323 e. The Morgan fingerprint density at radius 1 is 1.31 bits per heavy atom. The number of fused-ring (bicyclic) bond motifs is 1. The Labute approximate surface area is 170 Å². The van der Waals surface area contributed by atoms with Crippen molar-refractivity contribution < 1.29 is 18.3 Å². The average Bonchev–Trinajstić information content (AvgIpc) is 3.03. The number of morpholine rings is 1. The number of urea groups is 1. The van der Waals surface area contributed by atoms with Crippen molar-refractivity contribution in [1.29, 1.82) is 0 Å². The fourth-order valence-corrected chi connectivity index (χ4v) is 3.53. The Hall–Kier alpha value is -2.91. The molecule has 10 heteroatoms. The molecule has 1 atom stereocenters. The molecule has 0 aliphatic carbocycles. The number of amides is 2. The van der Waals surface area contributed by atoms with Gasteiger partial charge in [0, 0.05) is 30.7 Å². The first-order valence-electron chi connectivity index (χ1n) is 8.97. The van der Waals surface area contributed by atoms with Crippen molar-refractivity contribution in [2.75, 3.05) is 35.2 Å². The van der Waals surface area contributed by atoms with Crippen LogP contribution in [0.1, 0.15) is 6.92 Å². The van der Waals surface area contributed by atoms with Gasteiger partial charge in [0.1, 0.15) is 5.82 Å². The van der Waals surface area contributed by atoms with Crippen LogP contribution in [0.5, 0.6) is 0 Å². The third-order valence-electron chi connectivity index (χ3n) is 4.59. The molecule has 0 bridgehead atoms. The Morgan fingerprint density at radius 3 is 2.86 bits per heavy atom. The first-order valence-corrected chi connectivity index (χ1v) is 9.34. The first kappa shape index (κ1) is 19.4. The van der Waals surface area contributed by atoms with Gasteiger partial charge in [-0.2, -0.15) is 0 Å². The highest BCUT2D eigenvalue weighted by molar-refractivity contribution is 6.33. The minimum absolute atomic E-state index is 0.0830. The van der Waals surface area contributed by atoms with Crippen LogP contribution in [-0.4, -0.2) is 41.8 Å². The number of hydrogen-bond acceptors (Lipinski definition) is 4. The molecule has 0 spiro atoms. The molecule has 1 fully saturated rings. The fourth-order valence-electron chi connectivity index (χ4n) is 3.25. The summed E-state index contributed by atoms with van der Waals surface area (Å²) in [7, 11) is 0. The highest BCUT2D eigenvalue weighted by Gasteiger charge is 2.20. The van der Waals surface area contributed by atoms with Crippen molar-refractivity contribution in [3.63, 3.8) is 0 Å². The second-order valence-corrected chi connectivity index (χ2v) is 7.16. The number of nitrogens with zero attached hydrogens (tertiary/aromatic N) is 2. The zero-order chi connectivity index (χ0) is 20.5. The van der Waals surface area contributed by atoms with Crippen molar-refractivity contribution in [2.24, 2.45) is 0 Å². The third kappa shape index (κ3) is 4.10. The molecule has 1 saturated heterocycles. The summed E-state index contributed by atoms with van der Waals surface area (Å²) in [4.78, 5) is 21.5. The summed E-state index contributed by atoms with van der Waals surface area (Å²) >= 11 is 6.35. The van der Waals surface area contributed by atoms with Gasteiger partial charge in [-0.25, -0.2) is 18.6 Å². The number of anilines is 3. The number of nitrogens with one attached hydrogen (secondary N) is 3. The molecule has 1 aliphatic rings. The summed E-state index contributed by atoms with van der Waals surface area (Å²) in [5.41, 5.74) is 1.08. The maximum atomic E-state index is 13.5. The van der Waals surface area contributed by atoms with Crippen LogP contribution in [0.4, 0.5) is 30.8 Å². The van der Waals surface area contributed by atoms with Gasteiger partial charge in [-0.3, -0.25) is 0 Å². The van der Waals surface area contributed by atoms with Gasteiger partial charge >= 0.3 is 6.03 Å². The number of ether oxygens (including phenoxy) is 1. The van der Waals surface area contributed by atoms with E-state index < -0.39 is 17.7 Å². The molecular formula is C19H18ClF2N5O2. The normalized spacial score (nSPS) is 16.8. The van der Waals surface area contributed by atoms with Crippen LogP contribution in [0.25, 0.3) is 10.9 Å². The fraction of sp³-hybridized carbons (Fsp3) is 0.263. The van der Waals surface area contributed by atoms with Crippen LogP contribution >= 0.6 is 11.6 Å². The van der Waals surface area contributed by atoms with Gasteiger partial charge in [0.05, 0.1) is 40.8 Å². The Morgan fingerprint density at radius 2 is 2.10 bits per heavy atom. The van der Waals surface area contributed by atoms with Crippen LogP contribution in [-0.2, 0) is 4.74 Å². The van der Waals surface area contributed by atoms with Crippen LogP contribution in [0.3, 0.4) is 0 Å². The SMILES string of the molecule is CC1CN(c2ncc(NC(=O)Nc3c[nH]c4cc(F)c(F)cc34)cc2Cl)CCO1. The zero-order valence-corrected chi connectivity index (χ0v) is 16.2. The van der Waals surface area contributed by atoms with Crippen molar-refractivity contribution in [3.05, 3.63) is 47.2 Å². The van der Waals surface area contributed by atoms with E-state index in [9.17, 15) is 13.6 Å². The summed E-state index contributed by atoms with van der Waals surface area (Å²) in [6, 6.07) is 3.09. The van der Waals surface area contributed by atoms with Crippen LogP contribution < -0.4 is 15.5 Å². The largest absolute Gasteiger partial charge is 0.375 e. The third-order valence-corrected chi connectivity index (χ3v) is 4.87. The lowest BCUT2D eigenvalue weighted by atomic mass is 10.2. The average molecular weight is 422 g/mol. The molecule has 1 aromatic carbocycles. The van der Waals surface area contributed by atoms with E-state index in [1.165, 1.54) is 12.4 Å². The second-order valence-electron chi connectivity index (χ2n) is 6.75. The lowest BCUT2D eigenvalue weighted by molar-refractivity contribution is 0.0529. The summed E-state index contributed by atoms with van der Waals surface area (Å²) < 4.78 is 32.3. The number of halogens is 3. The Kier molecular flexibility index (Phi) is 5.25. The van der Waals surface area contributed by atoms with Gasteiger partial charge in [0.25, 0.3) is 0 Å². The highest BCUT2D eigenvalue weighted by Crippen LogP contribution is 2.28. The highest BCUT2D eigenvalue weighted by atomic mass is 35.5. The predicted octanol–water partition coefficient (Wildman–Crippen LogP) is 4.36. The quantitative estimate of drug-likeness (QED) is 0.586. The summed E-state index contributed by atoms with van der Waals surface area (Å²) in [5, 5.41) is 5.98. The number of hydrogen-bond donors (Lipinski definition) is 3. The molecule has 0 saturated carbocycles. The van der Waals surface area contributed by atoms with E-state index in [4.69, 9.17) is 16.3 Å². The number of carbonyl (C=O) groups is 1. The zero-order valence-electron chi connectivity index (χ0n) is 15.4. The number of benzene rings is 1. The molecule has 3 aromatic rings. The van der Waals surface area contributed by atoms with E-state index in [0.29, 0.717) is 52.8 Å². The molecule has 3 heterocycles. The van der Waals surface area contributed by atoms with E-state index in [-0.39, 0.29) is 6.10 Å². The minimum Gasteiger partial charge on any atom is -0.375 e. The standard InChI is InChI=1S/C19H18ClF2N5O2/c1-10-9-27(2-3-29-10)18-13(20)4-11(7-24-18)25-19(28)26-17-8-23-16-6-15(22)14(21)5-12(16)17/h4-8,10,23H,2-3,9H2,1H3,(H2,25,26,28). The van der Waals surface area contributed by atoms with E-state index >= 15 is 0 Å². The van der Waals surface area contributed by atoms with Crippen molar-refractivity contribution >= 4 is 45.7 Å². The van der Waals surface area contributed by atoms with Gasteiger partial charge in [-0.15, -0.1) is 0 Å². The lowest BCUT2D eigenvalue weighted by Gasteiger charge is -2.32. The summed E-state index contributed by atoms with van der Waals surface area (Å²) in [6.45, 7) is 3.93. The molecular weight excluding hydrogens is 404 g/mol. The van der Waals surface area contributed by atoms with Gasteiger partial charge in [-0.1, -0.05) is 11.6 Å². The molecule has 152 valence electrons. The van der Waals surface area contributed by atoms with E-state index in [1.54, 1.807) is 6.07 Å². The number of aromatic nitrogens is 2. The van der Waals surface area contributed by atoms with Crippen LogP contribution in [0, 0.1) is 11.6 Å². The molecule has 2 aromatic heterocycles. The summed E-state index contributed by atoms with van der Waals surface area (Å²) in [6.07, 6.45) is 3.04. The smallest absolute Gasteiger partial charge is 0.323 e. The number of rotatable bonds is 3. The van der Waals surface area contributed by atoms with E-state index in [1.807, 2.05) is 11.8 Å². The molecule has 7 nitrogen and oxygen atoms in total. The number of H-pyrrole nitrogens is 1. The number of aromatic amines is 1. The minimum atomic E-state index is -0.996. The second kappa shape index (κ2) is 7.84. The number of carbonyl (C=O) groups excluding carboxylic acids is 1. The summed E-state index contributed by atoms with van der Waals surface area (Å²) in [5.74, 6) is -1.34. The molecule has 1 unspecified atom stereocenters. The molecule has 1 aliphatic heterocycles. The maximum absolute atomic E-state index is 13.5. The van der Waals surface area contributed by atoms with Crippen molar-refractivity contribution in [3.8, 4) is 0 Å². The Bertz CT molecular complexity index is 1070. The van der Waals surface area contributed by atoms with Gasteiger partial charge in [0.15, 0.2) is 11.6 Å². The monoisotopic (exact) mass is 421 g/mol. The topological polar surface area (TPSA) is 82.3 Å². The van der Waals surface area contributed by atoms with Crippen LogP contribution in [0.2, 0.25) is 5.02 Å². The van der Waals surface area contributed by atoms with E-state index in [0.717, 1.165) is 12.1 Å². The van der Waals surface area contributed by atoms with Gasteiger partial charge < -0.3 is 25.3 Å². The molecule has 0 radical (unpaired) electrons. The first-order chi connectivity index (χ1) is 13.9.